The van der Waals surface area contributed by atoms with Crippen molar-refractivity contribution in [3.05, 3.63) is 16.4 Å². The quantitative estimate of drug-likeness (QED) is 0.780. The zero-order valence-corrected chi connectivity index (χ0v) is 12.9. The van der Waals surface area contributed by atoms with Gasteiger partial charge in [0.1, 0.15) is 6.04 Å². The number of carboxylic acids is 1. The molecule has 1 aromatic rings. The highest BCUT2D eigenvalue weighted by Gasteiger charge is 2.23. The van der Waals surface area contributed by atoms with Crippen LogP contribution in [0.4, 0.5) is 0 Å². The number of hydrogen-bond acceptors (Lipinski definition) is 4. The predicted molar refractivity (Wildman–Crippen MR) is 74.9 cm³/mol. The van der Waals surface area contributed by atoms with Crippen LogP contribution in [0.5, 0.6) is 0 Å². The van der Waals surface area contributed by atoms with Crippen LogP contribution in [0.25, 0.3) is 0 Å². The Morgan fingerprint density at radius 2 is 2.15 bits per heavy atom. The lowest BCUT2D eigenvalue weighted by atomic mass is 10.3. The van der Waals surface area contributed by atoms with Gasteiger partial charge < -0.3 is 10.4 Å². The van der Waals surface area contributed by atoms with Gasteiger partial charge in [0.15, 0.2) is 0 Å². The molecule has 20 heavy (non-hydrogen) atoms. The smallest absolute Gasteiger partial charge is 0.327 e. The zero-order chi connectivity index (χ0) is 15.4. The molecule has 0 saturated heterocycles. The number of amides is 1. The van der Waals surface area contributed by atoms with Gasteiger partial charge in [-0.2, -0.15) is 5.10 Å². The van der Waals surface area contributed by atoms with Crippen molar-refractivity contribution in [3.8, 4) is 0 Å². The number of carbonyl (C=O) groups is 2. The molecule has 9 heteroatoms. The van der Waals surface area contributed by atoms with Crippen molar-refractivity contribution >= 4 is 34.3 Å². The van der Waals surface area contributed by atoms with Gasteiger partial charge in [0.2, 0.25) is 5.91 Å². The third-order valence-corrected chi connectivity index (χ3v) is 4.38. The van der Waals surface area contributed by atoms with E-state index in [0.29, 0.717) is 16.4 Å². The number of aromatic nitrogens is 2. The molecule has 1 unspecified atom stereocenters. The van der Waals surface area contributed by atoms with Gasteiger partial charge in [-0.3, -0.25) is 13.7 Å². The summed E-state index contributed by atoms with van der Waals surface area (Å²) >= 11 is 6.04. The van der Waals surface area contributed by atoms with Gasteiger partial charge in [0, 0.05) is 24.8 Å². The first kappa shape index (κ1) is 16.6. The Bertz CT molecular complexity index is 558. The Kier molecular flexibility index (Phi) is 5.70. The standard InChI is InChI=1S/C11H16ClN3O4S/c1-6-10(12)9(15(3)14-6)5-20(19)4-8(11(17)18)13-7(2)16/h8H,4-5H2,1-3H3,(H,13,16)(H,17,18)/t8-,20?/m0/s1. The molecule has 0 spiro atoms. The van der Waals surface area contributed by atoms with Crippen molar-refractivity contribution in [1.82, 2.24) is 15.1 Å². The summed E-state index contributed by atoms with van der Waals surface area (Å²) < 4.78 is 13.5. The molecule has 2 N–H and O–H groups in total. The van der Waals surface area contributed by atoms with Crippen molar-refractivity contribution in [2.45, 2.75) is 25.6 Å². The number of carbonyl (C=O) groups excluding carboxylic acids is 1. The van der Waals surface area contributed by atoms with Gasteiger partial charge in [0.05, 0.1) is 27.9 Å². The van der Waals surface area contributed by atoms with E-state index in [1.165, 1.54) is 11.6 Å². The van der Waals surface area contributed by atoms with E-state index >= 15 is 0 Å². The molecule has 1 amide bonds. The Morgan fingerprint density at radius 3 is 2.55 bits per heavy atom. The summed E-state index contributed by atoms with van der Waals surface area (Å²) in [6.07, 6.45) is 0. The largest absolute Gasteiger partial charge is 0.480 e. The summed E-state index contributed by atoms with van der Waals surface area (Å²) in [5.41, 5.74) is 1.20. The van der Waals surface area contributed by atoms with Crippen molar-refractivity contribution in [2.24, 2.45) is 7.05 Å². The fourth-order valence-electron chi connectivity index (χ4n) is 1.65. The second kappa shape index (κ2) is 6.85. The average molecular weight is 322 g/mol. The van der Waals surface area contributed by atoms with Crippen LogP contribution in [0.15, 0.2) is 0 Å². The molecule has 7 nitrogen and oxygen atoms in total. The molecule has 0 aliphatic rings. The van der Waals surface area contributed by atoms with Gasteiger partial charge >= 0.3 is 5.97 Å². The van der Waals surface area contributed by atoms with E-state index in [-0.39, 0.29) is 11.5 Å². The Morgan fingerprint density at radius 1 is 1.55 bits per heavy atom. The van der Waals surface area contributed by atoms with Crippen LogP contribution in [-0.2, 0) is 33.2 Å². The molecule has 0 aromatic carbocycles. The van der Waals surface area contributed by atoms with Gasteiger partial charge in [-0.15, -0.1) is 0 Å². The minimum atomic E-state index is -1.49. The zero-order valence-electron chi connectivity index (χ0n) is 11.3. The molecular weight excluding hydrogens is 306 g/mol. The summed E-state index contributed by atoms with van der Waals surface area (Å²) in [6.45, 7) is 2.94. The average Bonchev–Trinajstić information content (AvgIpc) is 2.54. The van der Waals surface area contributed by atoms with Crippen LogP contribution in [0.3, 0.4) is 0 Å². The molecule has 112 valence electrons. The van der Waals surface area contributed by atoms with E-state index in [1.807, 2.05) is 0 Å². The van der Waals surface area contributed by atoms with Crippen LogP contribution in [-0.4, -0.2) is 42.8 Å². The summed E-state index contributed by atoms with van der Waals surface area (Å²) in [5, 5.41) is 15.7. The second-order valence-electron chi connectivity index (χ2n) is 4.31. The van der Waals surface area contributed by atoms with Crippen LogP contribution in [0, 0.1) is 6.92 Å². The van der Waals surface area contributed by atoms with Crippen LogP contribution in [0.1, 0.15) is 18.3 Å². The highest BCUT2D eigenvalue weighted by molar-refractivity contribution is 7.84. The SMILES string of the molecule is CC(=O)N[C@@H](CS(=O)Cc1c(Cl)c(C)nn1C)C(=O)O. The number of nitrogens with one attached hydrogen (secondary N) is 1. The van der Waals surface area contributed by atoms with E-state index in [2.05, 4.69) is 10.4 Å². The minimum Gasteiger partial charge on any atom is -0.480 e. The first-order valence-electron chi connectivity index (χ1n) is 5.75. The van der Waals surface area contributed by atoms with Gasteiger partial charge in [-0.25, -0.2) is 4.79 Å². The normalized spacial score (nSPS) is 13.8. The predicted octanol–water partition coefficient (Wildman–Crippen LogP) is 0.220. The molecule has 0 bridgehead atoms. The number of aliphatic carboxylic acids is 1. The van der Waals surface area contributed by atoms with Crippen molar-refractivity contribution in [3.63, 3.8) is 0 Å². The molecule has 0 aliphatic heterocycles. The van der Waals surface area contributed by atoms with E-state index in [4.69, 9.17) is 16.7 Å². The molecule has 0 aliphatic carbocycles. The molecule has 1 rings (SSSR count). The van der Waals surface area contributed by atoms with Gasteiger partial charge in [-0.1, -0.05) is 11.6 Å². The topological polar surface area (TPSA) is 101 Å². The van der Waals surface area contributed by atoms with Gasteiger partial charge in [0.25, 0.3) is 0 Å². The van der Waals surface area contributed by atoms with Crippen LogP contribution in [0.2, 0.25) is 5.02 Å². The maximum absolute atomic E-state index is 12.0. The number of hydrogen-bond donors (Lipinski definition) is 2. The third-order valence-electron chi connectivity index (χ3n) is 2.59. The molecule has 0 saturated carbocycles. The second-order valence-corrected chi connectivity index (χ2v) is 6.19. The number of halogens is 1. The lowest BCUT2D eigenvalue weighted by molar-refractivity contribution is -0.140. The van der Waals surface area contributed by atoms with Crippen LogP contribution >= 0.6 is 11.6 Å². The van der Waals surface area contributed by atoms with Crippen molar-refractivity contribution in [2.75, 3.05) is 5.75 Å². The molecular formula is C11H16ClN3O4S. The van der Waals surface area contributed by atoms with E-state index in [0.717, 1.165) is 0 Å². The summed E-state index contributed by atoms with van der Waals surface area (Å²) in [6, 6.07) is -1.18. The Balaban J connectivity index is 2.75. The van der Waals surface area contributed by atoms with E-state index in [9.17, 15) is 13.8 Å². The van der Waals surface area contributed by atoms with Crippen molar-refractivity contribution in [1.29, 1.82) is 0 Å². The molecule has 0 fully saturated rings. The van der Waals surface area contributed by atoms with Crippen molar-refractivity contribution < 1.29 is 18.9 Å². The lowest BCUT2D eigenvalue weighted by Crippen LogP contribution is -2.43. The minimum absolute atomic E-state index is 0.0829. The van der Waals surface area contributed by atoms with E-state index in [1.54, 1.807) is 14.0 Å². The highest BCUT2D eigenvalue weighted by atomic mass is 35.5. The Hall–Kier alpha value is -1.41. The highest BCUT2D eigenvalue weighted by Crippen LogP contribution is 2.20. The molecule has 1 heterocycles. The summed E-state index contributed by atoms with van der Waals surface area (Å²) in [5.74, 6) is -1.81. The van der Waals surface area contributed by atoms with Gasteiger partial charge in [-0.05, 0) is 6.92 Å². The number of rotatable bonds is 6. The number of aryl methyl sites for hydroxylation is 2. The number of nitrogens with zero attached hydrogens (tertiary/aromatic N) is 2. The summed E-state index contributed by atoms with van der Waals surface area (Å²) in [4.78, 5) is 21.9. The van der Waals surface area contributed by atoms with E-state index < -0.39 is 28.7 Å². The first-order valence-corrected chi connectivity index (χ1v) is 7.61. The maximum Gasteiger partial charge on any atom is 0.327 e. The fraction of sp³-hybridized carbons (Fsp3) is 0.545. The van der Waals surface area contributed by atoms with Crippen LogP contribution < -0.4 is 5.32 Å². The Labute approximate surface area is 123 Å². The summed E-state index contributed by atoms with van der Waals surface area (Å²) in [7, 11) is 0.188. The fourth-order valence-corrected chi connectivity index (χ4v) is 3.31. The molecule has 1 aromatic heterocycles. The molecule has 2 atom stereocenters. The first-order chi connectivity index (χ1) is 9.22. The number of carboxylic acid groups (broad SMARTS) is 1. The molecule has 0 radical (unpaired) electrons. The monoisotopic (exact) mass is 321 g/mol. The lowest BCUT2D eigenvalue weighted by Gasteiger charge is -2.12. The third kappa shape index (κ3) is 4.31. The maximum atomic E-state index is 12.0.